The Bertz CT molecular complexity index is 676. The van der Waals surface area contributed by atoms with Gasteiger partial charge < -0.3 is 14.8 Å². The topological polar surface area (TPSA) is 33.1 Å². The lowest BCUT2D eigenvalue weighted by atomic mass is 9.88. The number of para-hydroxylation sites is 2. The third-order valence-corrected chi connectivity index (χ3v) is 5.76. The Hall–Kier alpha value is -1.39. The molecular formula is C19H28N4. The zero-order valence-electron chi connectivity index (χ0n) is 14.4. The fraction of sp³-hybridized carbons (Fsp3) is 0.632. The molecule has 4 nitrogen and oxygen atoms in total. The van der Waals surface area contributed by atoms with E-state index in [4.69, 9.17) is 4.98 Å². The monoisotopic (exact) mass is 312 g/mol. The maximum atomic E-state index is 4.74. The van der Waals surface area contributed by atoms with E-state index in [2.05, 4.69) is 52.9 Å². The summed E-state index contributed by atoms with van der Waals surface area (Å²) in [6.07, 6.45) is 3.80. The second kappa shape index (κ2) is 5.91. The number of aryl methyl sites for hydroxylation is 1. The number of piperidine rings is 1. The van der Waals surface area contributed by atoms with Crippen molar-refractivity contribution in [3.63, 3.8) is 0 Å². The van der Waals surface area contributed by atoms with Gasteiger partial charge in [0.05, 0.1) is 11.0 Å². The molecule has 4 heteroatoms. The predicted molar refractivity (Wildman–Crippen MR) is 94.8 cm³/mol. The Morgan fingerprint density at radius 1 is 1.26 bits per heavy atom. The Morgan fingerprint density at radius 2 is 2.04 bits per heavy atom. The van der Waals surface area contributed by atoms with Gasteiger partial charge in [0.15, 0.2) is 0 Å². The molecule has 0 radical (unpaired) electrons. The van der Waals surface area contributed by atoms with Crippen molar-refractivity contribution in [2.45, 2.75) is 39.2 Å². The smallest absolute Gasteiger partial charge is 0.106 e. The summed E-state index contributed by atoms with van der Waals surface area (Å²) < 4.78 is 2.48. The Balaban J connectivity index is 1.45. The molecule has 2 fully saturated rings. The molecule has 1 atom stereocenters. The summed E-state index contributed by atoms with van der Waals surface area (Å²) in [6.45, 7) is 10.6. The molecule has 4 rings (SSSR count). The Morgan fingerprint density at radius 3 is 2.78 bits per heavy atom. The Labute approximate surface area is 138 Å². The van der Waals surface area contributed by atoms with E-state index in [0.717, 1.165) is 11.3 Å². The number of benzene rings is 1. The molecule has 2 aliphatic heterocycles. The molecule has 2 aromatic rings. The van der Waals surface area contributed by atoms with Gasteiger partial charge in [-0.15, -0.1) is 0 Å². The molecule has 2 saturated heterocycles. The third-order valence-electron chi connectivity index (χ3n) is 5.76. The fourth-order valence-corrected chi connectivity index (χ4v) is 4.51. The zero-order valence-corrected chi connectivity index (χ0v) is 14.4. The van der Waals surface area contributed by atoms with E-state index < -0.39 is 0 Å². The van der Waals surface area contributed by atoms with Gasteiger partial charge >= 0.3 is 0 Å². The molecule has 1 N–H and O–H groups in total. The van der Waals surface area contributed by atoms with Crippen LogP contribution in [0, 0.1) is 12.3 Å². The number of nitrogens with one attached hydrogen (secondary N) is 1. The lowest BCUT2D eigenvalue weighted by Gasteiger charge is -2.37. The van der Waals surface area contributed by atoms with Crippen LogP contribution in [-0.4, -0.2) is 47.2 Å². The number of fused-ring (bicyclic) bond motifs is 1. The number of hydrogen-bond acceptors (Lipinski definition) is 3. The largest absolute Gasteiger partial charge is 0.325 e. The average Bonchev–Trinajstić information content (AvgIpc) is 3.11. The number of likely N-dealkylation sites (tertiary alicyclic amines) is 1. The summed E-state index contributed by atoms with van der Waals surface area (Å²) in [5, 5.41) is 3.52. The first-order valence-corrected chi connectivity index (χ1v) is 9.01. The first-order chi connectivity index (χ1) is 11.1. The summed E-state index contributed by atoms with van der Waals surface area (Å²) >= 11 is 0. The van der Waals surface area contributed by atoms with Gasteiger partial charge in [-0.05, 0) is 50.3 Å². The van der Waals surface area contributed by atoms with Gasteiger partial charge in [0.25, 0.3) is 0 Å². The van der Waals surface area contributed by atoms with Gasteiger partial charge in [0, 0.05) is 32.2 Å². The normalized spacial score (nSPS) is 27.0. The maximum absolute atomic E-state index is 4.74. The van der Waals surface area contributed by atoms with Crippen molar-refractivity contribution in [3.8, 4) is 0 Å². The van der Waals surface area contributed by atoms with Crippen LogP contribution in [0.4, 0.5) is 0 Å². The molecule has 0 amide bonds. The average molecular weight is 312 g/mol. The Kier molecular flexibility index (Phi) is 3.90. The maximum Gasteiger partial charge on any atom is 0.106 e. The molecule has 124 valence electrons. The number of rotatable bonds is 3. The van der Waals surface area contributed by atoms with Crippen LogP contribution in [-0.2, 0) is 0 Å². The van der Waals surface area contributed by atoms with Crippen molar-refractivity contribution < 1.29 is 0 Å². The quantitative estimate of drug-likeness (QED) is 0.946. The minimum absolute atomic E-state index is 0.477. The molecule has 0 aliphatic carbocycles. The van der Waals surface area contributed by atoms with Crippen molar-refractivity contribution in [1.29, 1.82) is 0 Å². The van der Waals surface area contributed by atoms with Crippen LogP contribution in [0.3, 0.4) is 0 Å². The van der Waals surface area contributed by atoms with Crippen LogP contribution in [0.5, 0.6) is 0 Å². The van der Waals surface area contributed by atoms with E-state index in [1.807, 2.05) is 0 Å². The lowest BCUT2D eigenvalue weighted by molar-refractivity contribution is 0.131. The highest BCUT2D eigenvalue weighted by atomic mass is 15.2. The van der Waals surface area contributed by atoms with E-state index in [-0.39, 0.29) is 0 Å². The summed E-state index contributed by atoms with van der Waals surface area (Å²) in [7, 11) is 0. The number of aromatic nitrogens is 2. The van der Waals surface area contributed by atoms with E-state index in [9.17, 15) is 0 Å². The van der Waals surface area contributed by atoms with Crippen LogP contribution in [0.15, 0.2) is 24.3 Å². The van der Waals surface area contributed by atoms with Crippen LogP contribution in [0.1, 0.15) is 38.1 Å². The molecule has 23 heavy (non-hydrogen) atoms. The minimum Gasteiger partial charge on any atom is -0.325 e. The first kappa shape index (κ1) is 15.2. The van der Waals surface area contributed by atoms with Crippen LogP contribution >= 0.6 is 0 Å². The van der Waals surface area contributed by atoms with Gasteiger partial charge in [0.2, 0.25) is 0 Å². The summed E-state index contributed by atoms with van der Waals surface area (Å²) in [6, 6.07) is 9.16. The van der Waals surface area contributed by atoms with Gasteiger partial charge in [-0.2, -0.15) is 0 Å². The number of imidazole rings is 1. The molecule has 3 heterocycles. The van der Waals surface area contributed by atoms with Crippen molar-refractivity contribution >= 4 is 11.0 Å². The third kappa shape index (κ3) is 2.90. The second-order valence-corrected chi connectivity index (χ2v) is 7.76. The van der Waals surface area contributed by atoms with Gasteiger partial charge in [-0.25, -0.2) is 4.98 Å². The molecule has 1 unspecified atom stereocenters. The molecule has 0 spiro atoms. The van der Waals surface area contributed by atoms with Crippen LogP contribution in [0.25, 0.3) is 11.0 Å². The molecule has 0 saturated carbocycles. The SMILES string of the molecule is Cc1nc2ccccc2n1C1CCN(CC2(C)CCNC2)CC1. The predicted octanol–water partition coefficient (Wildman–Crippen LogP) is 2.98. The zero-order chi connectivity index (χ0) is 15.9. The summed E-state index contributed by atoms with van der Waals surface area (Å²) in [5.74, 6) is 1.16. The number of nitrogens with zero attached hydrogens (tertiary/aromatic N) is 3. The first-order valence-electron chi connectivity index (χ1n) is 9.01. The van der Waals surface area contributed by atoms with E-state index >= 15 is 0 Å². The fourth-order valence-electron chi connectivity index (χ4n) is 4.51. The van der Waals surface area contributed by atoms with Crippen molar-refractivity contribution in [2.24, 2.45) is 5.41 Å². The molecule has 2 aliphatic rings. The summed E-state index contributed by atoms with van der Waals surface area (Å²) in [5.41, 5.74) is 2.91. The highest BCUT2D eigenvalue weighted by Crippen LogP contribution is 2.31. The standard InChI is InChI=1S/C19H28N4/c1-15-21-17-5-3-4-6-18(17)23(15)16-7-11-22(12-8-16)14-19(2)9-10-20-13-19/h3-6,16,20H,7-14H2,1-2H3. The highest BCUT2D eigenvalue weighted by molar-refractivity contribution is 5.76. The lowest BCUT2D eigenvalue weighted by Crippen LogP contribution is -2.42. The van der Waals surface area contributed by atoms with Crippen molar-refractivity contribution in [1.82, 2.24) is 19.8 Å². The van der Waals surface area contributed by atoms with Crippen LogP contribution < -0.4 is 5.32 Å². The van der Waals surface area contributed by atoms with Gasteiger partial charge in [0.1, 0.15) is 5.82 Å². The van der Waals surface area contributed by atoms with Crippen molar-refractivity contribution in [3.05, 3.63) is 30.1 Å². The van der Waals surface area contributed by atoms with E-state index in [1.54, 1.807) is 0 Å². The minimum atomic E-state index is 0.477. The molecule has 0 bridgehead atoms. The van der Waals surface area contributed by atoms with E-state index in [0.29, 0.717) is 11.5 Å². The van der Waals surface area contributed by atoms with Gasteiger partial charge in [-0.1, -0.05) is 19.1 Å². The van der Waals surface area contributed by atoms with Gasteiger partial charge in [-0.3, -0.25) is 0 Å². The van der Waals surface area contributed by atoms with E-state index in [1.165, 1.54) is 57.5 Å². The molecule has 1 aromatic carbocycles. The number of hydrogen-bond donors (Lipinski definition) is 1. The molecule has 1 aromatic heterocycles. The summed E-state index contributed by atoms with van der Waals surface area (Å²) in [4.78, 5) is 7.42. The highest BCUT2D eigenvalue weighted by Gasteiger charge is 2.32. The second-order valence-electron chi connectivity index (χ2n) is 7.76. The molecular weight excluding hydrogens is 284 g/mol. The van der Waals surface area contributed by atoms with Crippen molar-refractivity contribution in [2.75, 3.05) is 32.7 Å². The van der Waals surface area contributed by atoms with Crippen LogP contribution in [0.2, 0.25) is 0 Å².